The molecule has 1 aliphatic rings. The molecule has 1 saturated carbocycles. The fourth-order valence-corrected chi connectivity index (χ4v) is 3.67. The van der Waals surface area contributed by atoms with Gasteiger partial charge >= 0.3 is 0 Å². The van der Waals surface area contributed by atoms with Crippen molar-refractivity contribution in [2.45, 2.75) is 25.2 Å². The highest BCUT2D eigenvalue weighted by molar-refractivity contribution is 7.99. The third-order valence-corrected chi connectivity index (χ3v) is 5.26. The van der Waals surface area contributed by atoms with E-state index in [1.807, 2.05) is 6.26 Å². The fourth-order valence-electron chi connectivity index (χ4n) is 3.08. The maximum atomic E-state index is 15.3. The largest absolute Gasteiger partial charge is 0.353 e. The van der Waals surface area contributed by atoms with E-state index in [2.05, 4.69) is 31.1 Å². The first-order chi connectivity index (χ1) is 14.6. The molecule has 1 aliphatic carbocycles. The van der Waals surface area contributed by atoms with E-state index in [1.165, 1.54) is 11.9 Å². The Kier molecular flexibility index (Phi) is 6.06. The van der Waals surface area contributed by atoms with Crippen LogP contribution in [0.4, 0.5) is 16.0 Å². The third-order valence-electron chi connectivity index (χ3n) is 4.62. The molecule has 0 atom stereocenters. The lowest BCUT2D eigenvalue weighted by atomic mass is 10.1. The summed E-state index contributed by atoms with van der Waals surface area (Å²) in [5.41, 5.74) is 2.25. The molecule has 10 heteroatoms. The molecular formula is C20H19ClFN7S. The lowest BCUT2D eigenvalue weighted by Gasteiger charge is -2.10. The smallest absolute Gasteiger partial charge is 0.223 e. The molecular weight excluding hydrogens is 425 g/mol. The van der Waals surface area contributed by atoms with Crippen LogP contribution in [0, 0.1) is 17.1 Å². The Morgan fingerprint density at radius 3 is 2.93 bits per heavy atom. The Labute approximate surface area is 182 Å². The van der Waals surface area contributed by atoms with Gasteiger partial charge in [-0.3, -0.25) is 0 Å². The number of aromatic amines is 1. The van der Waals surface area contributed by atoms with Gasteiger partial charge in [0.1, 0.15) is 11.5 Å². The van der Waals surface area contributed by atoms with Crippen LogP contribution in [-0.4, -0.2) is 32.7 Å². The minimum atomic E-state index is -0.426. The van der Waals surface area contributed by atoms with Gasteiger partial charge in [0, 0.05) is 35.5 Å². The molecule has 30 heavy (non-hydrogen) atoms. The van der Waals surface area contributed by atoms with Crippen molar-refractivity contribution in [3.05, 3.63) is 41.1 Å². The first-order valence-electron chi connectivity index (χ1n) is 9.43. The van der Waals surface area contributed by atoms with Gasteiger partial charge in [0.25, 0.3) is 0 Å². The number of nitrogens with zero attached hydrogens (tertiary/aromatic N) is 4. The Hall–Kier alpha value is -2.83. The number of anilines is 2. The molecule has 0 bridgehead atoms. The summed E-state index contributed by atoms with van der Waals surface area (Å²) in [6, 6.07) is 6.94. The quantitative estimate of drug-likeness (QED) is 0.324. The lowest BCUT2D eigenvalue weighted by Crippen LogP contribution is -2.05. The fraction of sp³-hybridized carbons (Fsp3) is 0.300. The zero-order valence-electron chi connectivity index (χ0n) is 16.2. The van der Waals surface area contributed by atoms with E-state index in [-0.39, 0.29) is 0 Å². The minimum absolute atomic E-state index is 0.300. The van der Waals surface area contributed by atoms with Crippen LogP contribution in [0.15, 0.2) is 24.4 Å². The molecule has 7 nitrogen and oxygen atoms in total. The summed E-state index contributed by atoms with van der Waals surface area (Å²) < 4.78 is 18.2. The number of hydrogen-bond donors (Lipinski definition) is 3. The number of nitriles is 1. The van der Waals surface area contributed by atoms with Crippen LogP contribution < -0.4 is 10.0 Å². The third kappa shape index (κ3) is 4.35. The number of imidazole rings is 1. The molecule has 1 fully saturated rings. The molecule has 0 aliphatic heterocycles. The summed E-state index contributed by atoms with van der Waals surface area (Å²) in [4.78, 5) is 16.8. The Morgan fingerprint density at radius 1 is 1.37 bits per heavy atom. The van der Waals surface area contributed by atoms with Crippen molar-refractivity contribution in [1.82, 2.24) is 19.9 Å². The van der Waals surface area contributed by atoms with Crippen LogP contribution in [-0.2, 0) is 0 Å². The number of aromatic nitrogens is 4. The highest BCUT2D eigenvalue weighted by Gasteiger charge is 2.30. The van der Waals surface area contributed by atoms with Crippen LogP contribution in [0.25, 0.3) is 22.6 Å². The normalized spacial score (nSPS) is 13.1. The molecule has 1 aromatic carbocycles. The van der Waals surface area contributed by atoms with Gasteiger partial charge in [-0.15, -0.1) is 0 Å². The lowest BCUT2D eigenvalue weighted by molar-refractivity contribution is 0.635. The van der Waals surface area contributed by atoms with Crippen molar-refractivity contribution in [1.29, 1.82) is 5.26 Å². The second kappa shape index (κ2) is 8.90. The van der Waals surface area contributed by atoms with Crippen LogP contribution in [0.3, 0.4) is 0 Å². The Bertz CT molecular complexity index is 1110. The molecule has 3 aromatic rings. The van der Waals surface area contributed by atoms with Gasteiger partial charge in [0.15, 0.2) is 5.82 Å². The zero-order chi connectivity index (χ0) is 21.1. The second-order valence-corrected chi connectivity index (χ2v) is 7.89. The number of hydrogen-bond acceptors (Lipinski definition) is 7. The van der Waals surface area contributed by atoms with Crippen molar-refractivity contribution >= 4 is 35.2 Å². The van der Waals surface area contributed by atoms with E-state index < -0.39 is 5.82 Å². The molecule has 0 unspecified atom stereocenters. The maximum absolute atomic E-state index is 15.3. The van der Waals surface area contributed by atoms with E-state index in [9.17, 15) is 0 Å². The number of halogens is 2. The summed E-state index contributed by atoms with van der Waals surface area (Å²) in [6.07, 6.45) is 5.87. The molecule has 2 heterocycles. The van der Waals surface area contributed by atoms with E-state index in [1.54, 1.807) is 24.4 Å². The monoisotopic (exact) mass is 443 g/mol. The molecule has 3 N–H and O–H groups in total. The average molecular weight is 444 g/mol. The highest BCUT2D eigenvalue weighted by atomic mass is 35.5. The van der Waals surface area contributed by atoms with Gasteiger partial charge in [-0.1, -0.05) is 23.5 Å². The second-order valence-electron chi connectivity index (χ2n) is 6.84. The number of H-pyrrole nitrogens is 1. The highest BCUT2D eigenvalue weighted by Crippen LogP contribution is 2.43. The van der Waals surface area contributed by atoms with Crippen LogP contribution in [0.2, 0.25) is 5.02 Å². The van der Waals surface area contributed by atoms with E-state index >= 15 is 4.39 Å². The standard InChI is InChI=1S/C20H19ClFN7S/c1-30-29-15-10-12(21)9-13(16(15)22)17-18(28-19(27-17)11-3-4-11)14-5-8-25-20(26-14)24-7-2-6-23/h5,8-11,29H,2-4,7H2,1H3,(H,27,28)(H,24,25,26). The Morgan fingerprint density at radius 2 is 2.20 bits per heavy atom. The van der Waals surface area contributed by atoms with Crippen LogP contribution in [0.1, 0.15) is 31.0 Å². The SMILES string of the molecule is CSNc1cc(Cl)cc(-c2nc(C3CC3)[nH]c2-c2ccnc(NCCC#N)n2)c1F. The van der Waals surface area contributed by atoms with E-state index in [4.69, 9.17) is 21.8 Å². The number of rotatable bonds is 8. The molecule has 0 amide bonds. The zero-order valence-corrected chi connectivity index (χ0v) is 17.7. The summed E-state index contributed by atoms with van der Waals surface area (Å²) in [7, 11) is 0. The van der Waals surface area contributed by atoms with Crippen molar-refractivity contribution < 1.29 is 4.39 Å². The topological polar surface area (TPSA) is 102 Å². The summed E-state index contributed by atoms with van der Waals surface area (Å²) >= 11 is 7.55. The summed E-state index contributed by atoms with van der Waals surface area (Å²) in [6.45, 7) is 0.440. The van der Waals surface area contributed by atoms with Gasteiger partial charge < -0.3 is 15.0 Å². The number of benzene rings is 1. The molecule has 154 valence electrons. The molecule has 0 radical (unpaired) electrons. The molecule has 2 aromatic heterocycles. The van der Waals surface area contributed by atoms with Gasteiger partial charge in [-0.05, 0) is 31.0 Å². The maximum Gasteiger partial charge on any atom is 0.223 e. The average Bonchev–Trinajstić information content (AvgIpc) is 3.50. The van der Waals surface area contributed by atoms with Crippen molar-refractivity contribution in [2.24, 2.45) is 0 Å². The minimum Gasteiger partial charge on any atom is -0.353 e. The van der Waals surface area contributed by atoms with Crippen molar-refractivity contribution in [3.8, 4) is 28.7 Å². The van der Waals surface area contributed by atoms with E-state index in [0.29, 0.717) is 58.2 Å². The molecule has 4 rings (SSSR count). The van der Waals surface area contributed by atoms with Gasteiger partial charge in [-0.25, -0.2) is 19.3 Å². The van der Waals surface area contributed by atoms with Crippen LogP contribution in [0.5, 0.6) is 0 Å². The van der Waals surface area contributed by atoms with Crippen molar-refractivity contribution in [3.63, 3.8) is 0 Å². The molecule has 0 spiro atoms. The molecule has 0 saturated heterocycles. The van der Waals surface area contributed by atoms with Gasteiger partial charge in [0.2, 0.25) is 5.95 Å². The predicted octanol–water partition coefficient (Wildman–Crippen LogP) is 5.22. The predicted molar refractivity (Wildman–Crippen MR) is 118 cm³/mol. The van der Waals surface area contributed by atoms with Crippen molar-refractivity contribution in [2.75, 3.05) is 22.8 Å². The first kappa shape index (κ1) is 20.4. The summed E-state index contributed by atoms with van der Waals surface area (Å²) in [5, 5.41) is 12.1. The summed E-state index contributed by atoms with van der Waals surface area (Å²) in [5.74, 6) is 1.13. The number of nitrogens with one attached hydrogen (secondary N) is 3. The van der Waals surface area contributed by atoms with Gasteiger partial charge in [-0.2, -0.15) is 5.26 Å². The first-order valence-corrected chi connectivity index (χ1v) is 11.0. The van der Waals surface area contributed by atoms with E-state index in [0.717, 1.165) is 18.7 Å². The van der Waals surface area contributed by atoms with Crippen LogP contribution >= 0.6 is 23.5 Å². The van der Waals surface area contributed by atoms with Gasteiger partial charge in [0.05, 0.1) is 29.6 Å². The Balaban J connectivity index is 1.80.